The van der Waals surface area contributed by atoms with Crippen LogP contribution in [0.15, 0.2) is 0 Å². The van der Waals surface area contributed by atoms with E-state index in [9.17, 15) is 4.79 Å². The quantitative estimate of drug-likeness (QED) is 0.694. The van der Waals surface area contributed by atoms with Gasteiger partial charge in [-0.25, -0.2) is 0 Å². The Morgan fingerprint density at radius 1 is 1.60 bits per heavy atom. The number of hydrogen-bond donors (Lipinski definition) is 2. The molecule has 0 aromatic heterocycles. The standard InChI is InChI=1S/C11H22N2OS/c1-3-4-9(7-12)10(14)13-8-11(15-2)5-6-11/h9H,3-8,12H2,1-2H3,(H,13,14). The van der Waals surface area contributed by atoms with Crippen LogP contribution in [0.3, 0.4) is 0 Å². The van der Waals surface area contributed by atoms with E-state index in [1.165, 1.54) is 12.8 Å². The van der Waals surface area contributed by atoms with Gasteiger partial charge in [-0.3, -0.25) is 4.79 Å². The summed E-state index contributed by atoms with van der Waals surface area (Å²) in [5.74, 6) is 0.146. The van der Waals surface area contributed by atoms with Gasteiger partial charge < -0.3 is 11.1 Å². The molecule has 4 heteroatoms. The number of carbonyl (C=O) groups excluding carboxylic acids is 1. The Balaban J connectivity index is 2.27. The summed E-state index contributed by atoms with van der Waals surface area (Å²) in [6.07, 6.45) is 6.49. The zero-order valence-electron chi connectivity index (χ0n) is 9.71. The molecule has 1 aliphatic carbocycles. The smallest absolute Gasteiger partial charge is 0.224 e. The Morgan fingerprint density at radius 2 is 2.27 bits per heavy atom. The lowest BCUT2D eigenvalue weighted by Crippen LogP contribution is -2.38. The highest BCUT2D eigenvalue weighted by molar-refractivity contribution is 8.00. The first-order valence-corrected chi connectivity index (χ1v) is 6.93. The zero-order chi connectivity index (χ0) is 11.3. The van der Waals surface area contributed by atoms with E-state index in [2.05, 4.69) is 18.5 Å². The van der Waals surface area contributed by atoms with Crippen molar-refractivity contribution in [3.8, 4) is 0 Å². The second kappa shape index (κ2) is 5.75. The highest BCUT2D eigenvalue weighted by Gasteiger charge is 2.42. The lowest BCUT2D eigenvalue weighted by atomic mass is 10.0. The molecule has 0 spiro atoms. The summed E-state index contributed by atoms with van der Waals surface area (Å²) >= 11 is 1.87. The van der Waals surface area contributed by atoms with Crippen LogP contribution in [0.5, 0.6) is 0 Å². The van der Waals surface area contributed by atoms with Crippen molar-refractivity contribution in [1.29, 1.82) is 0 Å². The second-order valence-corrected chi connectivity index (χ2v) is 5.60. The van der Waals surface area contributed by atoms with Crippen molar-refractivity contribution in [1.82, 2.24) is 5.32 Å². The minimum absolute atomic E-state index is 0.00709. The Kier molecular flexibility index (Phi) is 4.93. The van der Waals surface area contributed by atoms with Crippen LogP contribution in [0.4, 0.5) is 0 Å². The molecule has 3 nitrogen and oxygen atoms in total. The van der Waals surface area contributed by atoms with Gasteiger partial charge in [0.25, 0.3) is 0 Å². The van der Waals surface area contributed by atoms with Crippen molar-refractivity contribution < 1.29 is 4.79 Å². The number of amides is 1. The Hall–Kier alpha value is -0.220. The number of thioether (sulfide) groups is 1. The fraction of sp³-hybridized carbons (Fsp3) is 0.909. The molecule has 1 amide bonds. The summed E-state index contributed by atoms with van der Waals surface area (Å²) in [4.78, 5) is 11.8. The molecular weight excluding hydrogens is 208 g/mol. The maximum Gasteiger partial charge on any atom is 0.224 e. The molecule has 0 heterocycles. The maximum atomic E-state index is 11.8. The molecule has 0 radical (unpaired) electrons. The van der Waals surface area contributed by atoms with E-state index in [0.717, 1.165) is 19.4 Å². The summed E-state index contributed by atoms with van der Waals surface area (Å²) in [6.45, 7) is 3.36. The number of carbonyl (C=O) groups is 1. The largest absolute Gasteiger partial charge is 0.354 e. The van der Waals surface area contributed by atoms with Crippen LogP contribution in [0.25, 0.3) is 0 Å². The molecule has 1 unspecified atom stereocenters. The summed E-state index contributed by atoms with van der Waals surface area (Å²) < 4.78 is 0.348. The molecule has 0 saturated heterocycles. The van der Waals surface area contributed by atoms with Crippen LogP contribution < -0.4 is 11.1 Å². The van der Waals surface area contributed by atoms with Crippen LogP contribution in [-0.4, -0.2) is 30.0 Å². The summed E-state index contributed by atoms with van der Waals surface area (Å²) in [6, 6.07) is 0. The van der Waals surface area contributed by atoms with Crippen molar-refractivity contribution in [3.63, 3.8) is 0 Å². The summed E-state index contributed by atoms with van der Waals surface area (Å²) in [5, 5.41) is 3.03. The van der Waals surface area contributed by atoms with E-state index in [4.69, 9.17) is 5.73 Å². The zero-order valence-corrected chi connectivity index (χ0v) is 10.5. The van der Waals surface area contributed by atoms with Crippen LogP contribution in [0, 0.1) is 5.92 Å². The molecule has 1 atom stereocenters. The van der Waals surface area contributed by atoms with Gasteiger partial charge in [0.2, 0.25) is 5.91 Å². The first kappa shape index (κ1) is 12.8. The fourth-order valence-corrected chi connectivity index (χ4v) is 2.42. The molecule has 1 fully saturated rings. The van der Waals surface area contributed by atoms with E-state index in [1.807, 2.05) is 11.8 Å². The number of nitrogens with one attached hydrogen (secondary N) is 1. The third kappa shape index (κ3) is 3.68. The normalized spacial score (nSPS) is 19.7. The number of hydrogen-bond acceptors (Lipinski definition) is 3. The average molecular weight is 230 g/mol. The van der Waals surface area contributed by atoms with Gasteiger partial charge in [-0.2, -0.15) is 11.8 Å². The van der Waals surface area contributed by atoms with E-state index < -0.39 is 0 Å². The first-order chi connectivity index (χ1) is 7.17. The third-order valence-corrected chi connectivity index (χ3v) is 4.54. The number of nitrogens with two attached hydrogens (primary N) is 1. The average Bonchev–Trinajstić information content (AvgIpc) is 3.03. The van der Waals surface area contributed by atoms with Crippen LogP contribution >= 0.6 is 11.8 Å². The van der Waals surface area contributed by atoms with E-state index in [0.29, 0.717) is 11.3 Å². The highest BCUT2D eigenvalue weighted by atomic mass is 32.2. The maximum absolute atomic E-state index is 11.8. The fourth-order valence-electron chi connectivity index (χ4n) is 1.69. The second-order valence-electron chi connectivity index (χ2n) is 4.33. The summed E-state index contributed by atoms with van der Waals surface area (Å²) in [7, 11) is 0. The molecule has 0 aromatic carbocycles. The molecule has 1 saturated carbocycles. The van der Waals surface area contributed by atoms with Crippen LogP contribution in [0.1, 0.15) is 32.6 Å². The van der Waals surface area contributed by atoms with Crippen molar-refractivity contribution in [2.24, 2.45) is 11.7 Å². The van der Waals surface area contributed by atoms with Gasteiger partial charge in [0.15, 0.2) is 0 Å². The minimum Gasteiger partial charge on any atom is -0.354 e. The van der Waals surface area contributed by atoms with E-state index >= 15 is 0 Å². The lowest BCUT2D eigenvalue weighted by Gasteiger charge is -2.17. The summed E-state index contributed by atoms with van der Waals surface area (Å²) in [5.41, 5.74) is 5.58. The van der Waals surface area contributed by atoms with Gasteiger partial charge >= 0.3 is 0 Å². The lowest BCUT2D eigenvalue weighted by molar-refractivity contribution is -0.124. The third-order valence-electron chi connectivity index (χ3n) is 3.12. The number of rotatable bonds is 7. The Bertz CT molecular complexity index is 217. The van der Waals surface area contributed by atoms with Crippen LogP contribution in [0.2, 0.25) is 0 Å². The van der Waals surface area contributed by atoms with E-state index in [1.54, 1.807) is 0 Å². The van der Waals surface area contributed by atoms with Gasteiger partial charge in [-0.05, 0) is 25.5 Å². The van der Waals surface area contributed by atoms with Crippen molar-refractivity contribution in [2.75, 3.05) is 19.3 Å². The Morgan fingerprint density at radius 3 is 2.67 bits per heavy atom. The molecule has 88 valence electrons. The SMILES string of the molecule is CCCC(CN)C(=O)NCC1(SC)CC1. The van der Waals surface area contributed by atoms with Gasteiger partial charge in [0.1, 0.15) is 0 Å². The Labute approximate surface area is 96.6 Å². The first-order valence-electron chi connectivity index (χ1n) is 5.70. The van der Waals surface area contributed by atoms with Gasteiger partial charge in [-0.1, -0.05) is 13.3 Å². The molecular formula is C11H22N2OS. The topological polar surface area (TPSA) is 55.1 Å². The highest BCUT2D eigenvalue weighted by Crippen LogP contribution is 2.46. The molecule has 1 aliphatic rings. The van der Waals surface area contributed by atoms with Gasteiger partial charge in [-0.15, -0.1) is 0 Å². The minimum atomic E-state index is 0.00709. The van der Waals surface area contributed by atoms with E-state index in [-0.39, 0.29) is 11.8 Å². The molecule has 15 heavy (non-hydrogen) atoms. The van der Waals surface area contributed by atoms with Crippen molar-refractivity contribution in [3.05, 3.63) is 0 Å². The predicted octanol–water partition coefficient (Wildman–Crippen LogP) is 1.37. The molecule has 0 bridgehead atoms. The van der Waals surface area contributed by atoms with Gasteiger partial charge in [0.05, 0.1) is 5.92 Å². The van der Waals surface area contributed by atoms with Gasteiger partial charge in [0, 0.05) is 17.8 Å². The van der Waals surface area contributed by atoms with Crippen molar-refractivity contribution >= 4 is 17.7 Å². The molecule has 0 aromatic rings. The molecule has 1 rings (SSSR count). The monoisotopic (exact) mass is 230 g/mol. The predicted molar refractivity (Wildman–Crippen MR) is 65.9 cm³/mol. The molecule has 3 N–H and O–H groups in total. The van der Waals surface area contributed by atoms with Crippen molar-refractivity contribution in [2.45, 2.75) is 37.4 Å². The van der Waals surface area contributed by atoms with Crippen LogP contribution in [-0.2, 0) is 4.79 Å². The molecule has 0 aliphatic heterocycles.